The Hall–Kier alpha value is -1.75. The molecule has 4 nitrogen and oxygen atoms in total. The Morgan fingerprint density at radius 2 is 2.00 bits per heavy atom. The second kappa shape index (κ2) is 8.09. The summed E-state index contributed by atoms with van der Waals surface area (Å²) in [5.41, 5.74) is 3.09. The van der Waals surface area contributed by atoms with Crippen LogP contribution in [0.1, 0.15) is 27.5 Å². The quantitative estimate of drug-likeness (QED) is 0.833. The minimum absolute atomic E-state index is 0. The van der Waals surface area contributed by atoms with E-state index in [4.69, 9.17) is 16.3 Å². The molecule has 4 rings (SSSR count). The third kappa shape index (κ3) is 3.54. The van der Waals surface area contributed by atoms with Crippen LogP contribution in [0.2, 0.25) is 5.02 Å². The number of carbonyl (C=O) groups excluding carboxylic acids is 1. The Labute approximate surface area is 171 Å². The van der Waals surface area contributed by atoms with Crippen molar-refractivity contribution in [2.45, 2.75) is 13.0 Å². The van der Waals surface area contributed by atoms with E-state index in [1.54, 1.807) is 25.3 Å². The monoisotopic (exact) mass is 406 g/mol. The number of likely N-dealkylation sites (tertiary alicyclic amines) is 1. The molecule has 1 N–H and O–H groups in total. The number of benzene rings is 2. The highest BCUT2D eigenvalue weighted by Gasteiger charge is 2.47. The molecule has 144 valence electrons. The summed E-state index contributed by atoms with van der Waals surface area (Å²) >= 11 is 6.25. The summed E-state index contributed by atoms with van der Waals surface area (Å²) in [5.74, 6) is 1.57. The molecule has 2 aliphatic heterocycles. The maximum atomic E-state index is 13.3. The number of halogens is 2. The van der Waals surface area contributed by atoms with E-state index in [9.17, 15) is 4.79 Å². The zero-order chi connectivity index (χ0) is 18.3. The first-order chi connectivity index (χ1) is 12.6. The highest BCUT2D eigenvalue weighted by molar-refractivity contribution is 6.32. The van der Waals surface area contributed by atoms with Crippen LogP contribution in [-0.4, -0.2) is 37.6 Å². The second-order valence-corrected chi connectivity index (χ2v) is 7.60. The number of amides is 1. The average molecular weight is 407 g/mol. The van der Waals surface area contributed by atoms with E-state index >= 15 is 0 Å². The molecule has 1 amide bonds. The van der Waals surface area contributed by atoms with Crippen LogP contribution in [0.15, 0.2) is 42.5 Å². The molecule has 27 heavy (non-hydrogen) atoms. The zero-order valence-electron chi connectivity index (χ0n) is 15.4. The number of fused-ring (bicyclic) bond motifs is 1. The molecule has 0 radical (unpaired) electrons. The average Bonchev–Trinajstić information content (AvgIpc) is 3.23. The van der Waals surface area contributed by atoms with Gasteiger partial charge in [0.25, 0.3) is 5.91 Å². The van der Waals surface area contributed by atoms with E-state index in [1.807, 2.05) is 11.0 Å². The number of nitrogens with zero attached hydrogens (tertiary/aromatic N) is 1. The molecule has 2 heterocycles. The number of hydrogen-bond donors (Lipinski definition) is 1. The lowest BCUT2D eigenvalue weighted by atomic mass is 9.87. The van der Waals surface area contributed by atoms with E-state index in [0.29, 0.717) is 28.2 Å². The lowest BCUT2D eigenvalue weighted by Crippen LogP contribution is -2.35. The number of aryl methyl sites for hydroxylation is 1. The molecule has 0 aliphatic carbocycles. The molecule has 3 atom stereocenters. The van der Waals surface area contributed by atoms with Crippen molar-refractivity contribution in [3.05, 3.63) is 64.2 Å². The van der Waals surface area contributed by atoms with Gasteiger partial charge in [-0.05, 0) is 42.2 Å². The Bertz CT molecular complexity index is 843. The molecule has 0 spiro atoms. The number of nitrogens with one attached hydrogen (secondary N) is 1. The summed E-state index contributed by atoms with van der Waals surface area (Å²) in [5, 5.41) is 3.96. The van der Waals surface area contributed by atoms with Gasteiger partial charge in [-0.2, -0.15) is 0 Å². The Morgan fingerprint density at radius 3 is 2.70 bits per heavy atom. The van der Waals surface area contributed by atoms with Gasteiger partial charge >= 0.3 is 0 Å². The van der Waals surface area contributed by atoms with Crippen LogP contribution in [0.25, 0.3) is 0 Å². The molecule has 2 fully saturated rings. The van der Waals surface area contributed by atoms with Gasteiger partial charge in [-0.25, -0.2) is 0 Å². The van der Waals surface area contributed by atoms with Crippen molar-refractivity contribution in [1.82, 2.24) is 10.2 Å². The molecule has 2 saturated heterocycles. The summed E-state index contributed by atoms with van der Waals surface area (Å²) in [6.45, 7) is 4.83. The van der Waals surface area contributed by atoms with Crippen LogP contribution < -0.4 is 10.1 Å². The lowest BCUT2D eigenvalue weighted by molar-refractivity contribution is 0.0713. The fraction of sp³-hybridized carbons (Fsp3) is 0.381. The molecule has 2 aliphatic rings. The molecule has 0 saturated carbocycles. The van der Waals surface area contributed by atoms with E-state index in [0.717, 1.165) is 19.6 Å². The molecule has 6 heteroatoms. The number of rotatable bonds is 3. The topological polar surface area (TPSA) is 41.6 Å². The van der Waals surface area contributed by atoms with Gasteiger partial charge in [0.15, 0.2) is 0 Å². The normalized spacial score (nSPS) is 23.7. The van der Waals surface area contributed by atoms with Crippen LogP contribution in [-0.2, 0) is 0 Å². The fourth-order valence-electron chi connectivity index (χ4n) is 4.41. The Kier molecular flexibility index (Phi) is 5.99. The fourth-order valence-corrected chi connectivity index (χ4v) is 4.67. The highest BCUT2D eigenvalue weighted by atomic mass is 35.5. The number of methoxy groups -OCH3 is 1. The van der Waals surface area contributed by atoms with Gasteiger partial charge in [0.2, 0.25) is 0 Å². The van der Waals surface area contributed by atoms with Crippen molar-refractivity contribution in [2.75, 3.05) is 26.7 Å². The SMILES string of the molecule is COc1ccc(C(=O)N2C[C@@H]3CNC[C@@H]3[C@H]2c2ccccc2C)cc1Cl.Cl. The minimum Gasteiger partial charge on any atom is -0.495 e. The first-order valence-electron chi connectivity index (χ1n) is 9.01. The van der Waals surface area contributed by atoms with Gasteiger partial charge in [0.05, 0.1) is 18.2 Å². The van der Waals surface area contributed by atoms with Crippen LogP contribution >= 0.6 is 24.0 Å². The molecular weight excluding hydrogens is 383 g/mol. The maximum absolute atomic E-state index is 13.3. The molecular formula is C21H24Cl2N2O2. The summed E-state index contributed by atoms with van der Waals surface area (Å²) in [6, 6.07) is 13.8. The lowest BCUT2D eigenvalue weighted by Gasteiger charge is -2.29. The molecule has 0 bridgehead atoms. The second-order valence-electron chi connectivity index (χ2n) is 7.19. The molecule has 2 aromatic rings. The van der Waals surface area contributed by atoms with E-state index in [1.165, 1.54) is 11.1 Å². The van der Waals surface area contributed by atoms with Crippen molar-refractivity contribution in [2.24, 2.45) is 11.8 Å². The highest BCUT2D eigenvalue weighted by Crippen LogP contribution is 2.44. The Balaban J connectivity index is 0.00000210. The van der Waals surface area contributed by atoms with Gasteiger partial charge < -0.3 is 15.0 Å². The minimum atomic E-state index is 0. The number of hydrogen-bond acceptors (Lipinski definition) is 3. The van der Waals surface area contributed by atoms with Gasteiger partial charge in [0.1, 0.15) is 5.75 Å². The predicted octanol–water partition coefficient (Wildman–Crippen LogP) is 4.11. The van der Waals surface area contributed by atoms with Crippen LogP contribution in [0.4, 0.5) is 0 Å². The van der Waals surface area contributed by atoms with Crippen LogP contribution in [0.5, 0.6) is 5.75 Å². The van der Waals surface area contributed by atoms with Crippen molar-refractivity contribution in [1.29, 1.82) is 0 Å². The van der Waals surface area contributed by atoms with Gasteiger partial charge in [0, 0.05) is 31.1 Å². The van der Waals surface area contributed by atoms with Crippen molar-refractivity contribution >= 4 is 29.9 Å². The third-order valence-electron chi connectivity index (χ3n) is 5.73. The number of ether oxygens (including phenoxy) is 1. The predicted molar refractivity (Wildman–Crippen MR) is 110 cm³/mol. The van der Waals surface area contributed by atoms with Gasteiger partial charge in [-0.15, -0.1) is 12.4 Å². The number of carbonyl (C=O) groups is 1. The van der Waals surface area contributed by atoms with E-state index < -0.39 is 0 Å². The van der Waals surface area contributed by atoms with E-state index in [2.05, 4.69) is 30.4 Å². The zero-order valence-corrected chi connectivity index (χ0v) is 17.0. The first-order valence-corrected chi connectivity index (χ1v) is 9.38. The van der Waals surface area contributed by atoms with Gasteiger partial charge in [-0.1, -0.05) is 35.9 Å². The van der Waals surface area contributed by atoms with Crippen molar-refractivity contribution < 1.29 is 9.53 Å². The summed E-state index contributed by atoms with van der Waals surface area (Å²) in [4.78, 5) is 15.4. The van der Waals surface area contributed by atoms with Crippen molar-refractivity contribution in [3.8, 4) is 5.75 Å². The standard InChI is InChI=1S/C21H23ClN2O2.ClH/c1-13-5-3-4-6-16(13)20-17-11-23-10-15(17)12-24(20)21(25)14-7-8-19(26-2)18(22)9-14;/h3-9,15,17,20,23H,10-12H2,1-2H3;1H/t15-,17-,20+;/m0./s1. The smallest absolute Gasteiger partial charge is 0.254 e. The summed E-state index contributed by atoms with van der Waals surface area (Å²) < 4.78 is 5.21. The maximum Gasteiger partial charge on any atom is 0.254 e. The van der Waals surface area contributed by atoms with Gasteiger partial charge in [-0.3, -0.25) is 4.79 Å². The van der Waals surface area contributed by atoms with Crippen LogP contribution in [0, 0.1) is 18.8 Å². The Morgan fingerprint density at radius 1 is 1.22 bits per heavy atom. The first kappa shape index (κ1) is 20.0. The molecule has 0 unspecified atom stereocenters. The third-order valence-corrected chi connectivity index (χ3v) is 6.03. The van der Waals surface area contributed by atoms with Crippen molar-refractivity contribution in [3.63, 3.8) is 0 Å². The summed E-state index contributed by atoms with van der Waals surface area (Å²) in [7, 11) is 1.57. The largest absolute Gasteiger partial charge is 0.495 e. The summed E-state index contributed by atoms with van der Waals surface area (Å²) in [6.07, 6.45) is 0. The molecule has 0 aromatic heterocycles. The van der Waals surface area contributed by atoms with Crippen LogP contribution in [0.3, 0.4) is 0 Å². The van der Waals surface area contributed by atoms with E-state index in [-0.39, 0.29) is 24.4 Å². The molecule has 2 aromatic carbocycles.